The van der Waals surface area contributed by atoms with Gasteiger partial charge in [-0.3, -0.25) is 9.59 Å². The maximum Gasteiger partial charge on any atom is 0.305 e. The zero-order valence-electron chi connectivity index (χ0n) is 14.5. The van der Waals surface area contributed by atoms with Crippen molar-refractivity contribution in [3.8, 4) is 11.5 Å². The summed E-state index contributed by atoms with van der Waals surface area (Å²) in [6.45, 7) is 0. The van der Waals surface area contributed by atoms with E-state index in [0.717, 1.165) is 0 Å². The molecule has 0 aliphatic carbocycles. The number of carbonyl (C=O) groups excluding carboxylic acids is 1. The van der Waals surface area contributed by atoms with Gasteiger partial charge in [0, 0.05) is 5.56 Å². The Morgan fingerprint density at radius 3 is 2.15 bits per heavy atom. The van der Waals surface area contributed by atoms with Crippen molar-refractivity contribution in [3.63, 3.8) is 0 Å². The predicted octanol–water partition coefficient (Wildman–Crippen LogP) is 2.72. The highest BCUT2D eigenvalue weighted by Gasteiger charge is 2.20. The van der Waals surface area contributed by atoms with Crippen LogP contribution in [-0.2, 0) is 16.0 Å². The average molecular weight is 361 g/mol. The fraction of sp³-hybridized carbons (Fsp3) is 0.263. The van der Waals surface area contributed by atoms with Crippen LogP contribution in [-0.4, -0.2) is 31.2 Å². The Kier molecular flexibility index (Phi) is 6.54. The number of benzene rings is 2. The summed E-state index contributed by atoms with van der Waals surface area (Å²) < 4.78 is 23.6. The van der Waals surface area contributed by atoms with Gasteiger partial charge >= 0.3 is 5.97 Å². The minimum absolute atomic E-state index is 0.0511. The molecule has 2 rings (SSSR count). The second-order valence-corrected chi connectivity index (χ2v) is 5.59. The van der Waals surface area contributed by atoms with Crippen LogP contribution in [0.5, 0.6) is 11.5 Å². The Labute approximate surface area is 150 Å². The van der Waals surface area contributed by atoms with E-state index in [4.69, 9.17) is 14.6 Å². The van der Waals surface area contributed by atoms with Crippen LogP contribution in [0.2, 0.25) is 0 Å². The number of methoxy groups -OCH3 is 2. The number of carbonyl (C=O) groups is 2. The number of halogens is 1. The minimum atomic E-state index is -1.07. The Bertz CT molecular complexity index is 754. The van der Waals surface area contributed by atoms with Crippen LogP contribution >= 0.6 is 0 Å². The summed E-state index contributed by atoms with van der Waals surface area (Å²) >= 11 is 0. The lowest BCUT2D eigenvalue weighted by Gasteiger charge is -2.19. The molecule has 138 valence electrons. The quantitative estimate of drug-likeness (QED) is 0.755. The van der Waals surface area contributed by atoms with Crippen LogP contribution in [0, 0.1) is 5.82 Å². The van der Waals surface area contributed by atoms with Gasteiger partial charge in [0.1, 0.15) is 17.3 Å². The van der Waals surface area contributed by atoms with E-state index >= 15 is 0 Å². The molecule has 26 heavy (non-hydrogen) atoms. The van der Waals surface area contributed by atoms with Gasteiger partial charge < -0.3 is 19.9 Å². The molecule has 2 aromatic carbocycles. The number of hydrogen-bond acceptors (Lipinski definition) is 4. The van der Waals surface area contributed by atoms with Crippen molar-refractivity contribution >= 4 is 11.9 Å². The maximum atomic E-state index is 13.1. The van der Waals surface area contributed by atoms with Crippen molar-refractivity contribution in [2.45, 2.75) is 18.9 Å². The van der Waals surface area contributed by atoms with Gasteiger partial charge in [-0.25, -0.2) is 4.39 Å². The molecule has 1 amide bonds. The fourth-order valence-electron chi connectivity index (χ4n) is 2.63. The first-order valence-corrected chi connectivity index (χ1v) is 7.91. The van der Waals surface area contributed by atoms with Crippen molar-refractivity contribution in [1.82, 2.24) is 5.32 Å². The SMILES string of the molecule is COc1cccc(OC)c1CC(=O)NC(CC(=O)O)c1ccc(F)cc1. The molecule has 2 aromatic rings. The Morgan fingerprint density at radius 1 is 1.08 bits per heavy atom. The summed E-state index contributed by atoms with van der Waals surface area (Å²) in [6, 6.07) is 9.73. The average Bonchev–Trinajstić information content (AvgIpc) is 2.61. The van der Waals surface area contributed by atoms with Crippen LogP contribution in [0.1, 0.15) is 23.6 Å². The van der Waals surface area contributed by atoms with E-state index in [1.54, 1.807) is 18.2 Å². The van der Waals surface area contributed by atoms with Gasteiger partial charge in [0.25, 0.3) is 0 Å². The number of nitrogens with one attached hydrogen (secondary N) is 1. The second kappa shape index (κ2) is 8.84. The summed E-state index contributed by atoms with van der Waals surface area (Å²) in [5.74, 6) is -0.919. The standard InChI is InChI=1S/C19H20FNO5/c1-25-16-4-3-5-17(26-2)14(16)10-18(22)21-15(11-19(23)24)12-6-8-13(20)9-7-12/h3-9,15H,10-11H2,1-2H3,(H,21,22)(H,23,24). The molecular weight excluding hydrogens is 341 g/mol. The topological polar surface area (TPSA) is 84.9 Å². The molecule has 0 aromatic heterocycles. The number of aliphatic carboxylic acids is 1. The van der Waals surface area contributed by atoms with Crippen LogP contribution in [0.15, 0.2) is 42.5 Å². The highest BCUT2D eigenvalue weighted by Crippen LogP contribution is 2.29. The molecule has 0 bridgehead atoms. The van der Waals surface area contributed by atoms with Gasteiger partial charge in [0.05, 0.1) is 33.1 Å². The molecule has 2 N–H and O–H groups in total. The highest BCUT2D eigenvalue weighted by atomic mass is 19.1. The smallest absolute Gasteiger partial charge is 0.305 e. The Hall–Kier alpha value is -3.09. The van der Waals surface area contributed by atoms with Crippen molar-refractivity contribution in [3.05, 3.63) is 59.4 Å². The normalized spacial score (nSPS) is 11.5. The van der Waals surface area contributed by atoms with Crippen molar-refractivity contribution < 1.29 is 28.6 Å². The van der Waals surface area contributed by atoms with Crippen LogP contribution in [0.4, 0.5) is 4.39 Å². The molecule has 0 saturated heterocycles. The third kappa shape index (κ3) is 4.95. The van der Waals surface area contributed by atoms with E-state index in [2.05, 4.69) is 5.32 Å². The molecule has 0 aliphatic heterocycles. The number of carboxylic acids is 1. The summed E-state index contributed by atoms with van der Waals surface area (Å²) in [5, 5.41) is 11.8. The summed E-state index contributed by atoms with van der Waals surface area (Å²) in [5.41, 5.74) is 1.07. The molecule has 0 heterocycles. The number of ether oxygens (including phenoxy) is 2. The van der Waals surface area contributed by atoms with Crippen LogP contribution in [0.25, 0.3) is 0 Å². The maximum absolute atomic E-state index is 13.1. The van der Waals surface area contributed by atoms with E-state index in [1.807, 2.05) is 0 Å². The van der Waals surface area contributed by atoms with Gasteiger partial charge in [0.15, 0.2) is 0 Å². The zero-order valence-corrected chi connectivity index (χ0v) is 14.5. The number of amides is 1. The predicted molar refractivity (Wildman–Crippen MR) is 92.8 cm³/mol. The van der Waals surface area contributed by atoms with E-state index in [9.17, 15) is 14.0 Å². The van der Waals surface area contributed by atoms with Gasteiger partial charge in [0.2, 0.25) is 5.91 Å². The van der Waals surface area contributed by atoms with Crippen molar-refractivity contribution in [2.24, 2.45) is 0 Å². The van der Waals surface area contributed by atoms with Crippen molar-refractivity contribution in [1.29, 1.82) is 0 Å². The molecule has 0 aliphatic rings. The lowest BCUT2D eigenvalue weighted by molar-refractivity contribution is -0.137. The Balaban J connectivity index is 2.20. The third-order valence-corrected chi connectivity index (χ3v) is 3.85. The molecule has 6 nitrogen and oxygen atoms in total. The molecule has 0 radical (unpaired) electrons. The first-order chi connectivity index (χ1) is 12.4. The van der Waals surface area contributed by atoms with Gasteiger partial charge in [-0.15, -0.1) is 0 Å². The number of rotatable bonds is 8. The van der Waals surface area contributed by atoms with Crippen LogP contribution < -0.4 is 14.8 Å². The first kappa shape index (κ1) is 19.2. The van der Waals surface area contributed by atoms with Gasteiger partial charge in [-0.05, 0) is 29.8 Å². The first-order valence-electron chi connectivity index (χ1n) is 7.91. The van der Waals surface area contributed by atoms with Crippen LogP contribution in [0.3, 0.4) is 0 Å². The van der Waals surface area contributed by atoms with E-state index in [1.165, 1.54) is 38.5 Å². The van der Waals surface area contributed by atoms with E-state index in [0.29, 0.717) is 22.6 Å². The second-order valence-electron chi connectivity index (χ2n) is 5.59. The summed E-state index contributed by atoms with van der Waals surface area (Å²) in [4.78, 5) is 23.6. The monoisotopic (exact) mass is 361 g/mol. The lowest BCUT2D eigenvalue weighted by Crippen LogP contribution is -2.31. The number of hydrogen-bond donors (Lipinski definition) is 2. The largest absolute Gasteiger partial charge is 0.496 e. The molecular formula is C19H20FNO5. The molecule has 0 fully saturated rings. The lowest BCUT2D eigenvalue weighted by atomic mass is 10.0. The molecule has 0 saturated carbocycles. The summed E-state index contributed by atoms with van der Waals surface area (Å²) in [7, 11) is 2.98. The Morgan fingerprint density at radius 2 is 1.65 bits per heavy atom. The number of carboxylic acid groups (broad SMARTS) is 1. The molecule has 7 heteroatoms. The van der Waals surface area contributed by atoms with E-state index < -0.39 is 23.7 Å². The molecule has 1 atom stereocenters. The van der Waals surface area contributed by atoms with Crippen molar-refractivity contribution in [2.75, 3.05) is 14.2 Å². The highest BCUT2D eigenvalue weighted by molar-refractivity contribution is 5.81. The summed E-state index contributed by atoms with van der Waals surface area (Å²) in [6.07, 6.45) is -0.370. The third-order valence-electron chi connectivity index (χ3n) is 3.85. The van der Waals surface area contributed by atoms with E-state index in [-0.39, 0.29) is 12.8 Å². The zero-order chi connectivity index (χ0) is 19.1. The molecule has 1 unspecified atom stereocenters. The van der Waals surface area contributed by atoms with Gasteiger partial charge in [-0.1, -0.05) is 18.2 Å². The minimum Gasteiger partial charge on any atom is -0.496 e. The van der Waals surface area contributed by atoms with Gasteiger partial charge in [-0.2, -0.15) is 0 Å². The molecule has 0 spiro atoms. The fourth-order valence-corrected chi connectivity index (χ4v) is 2.63.